The average molecular weight is 297 g/mol. The molecule has 1 aromatic carbocycles. The van der Waals surface area contributed by atoms with Crippen molar-refractivity contribution in [1.82, 2.24) is 24.3 Å². The molecule has 0 aliphatic carbocycles. The van der Waals surface area contributed by atoms with Gasteiger partial charge in [-0.25, -0.2) is 14.6 Å². The lowest BCUT2D eigenvalue weighted by Crippen LogP contribution is -2.26. The molecule has 1 atom stereocenters. The fourth-order valence-electron chi connectivity index (χ4n) is 2.56. The molecule has 0 fully saturated rings. The molecule has 0 saturated carbocycles. The van der Waals surface area contributed by atoms with Crippen LogP contribution in [0.15, 0.2) is 41.7 Å². The van der Waals surface area contributed by atoms with Crippen molar-refractivity contribution < 1.29 is 0 Å². The Morgan fingerprint density at radius 2 is 2.05 bits per heavy atom. The van der Waals surface area contributed by atoms with Crippen LogP contribution in [-0.4, -0.2) is 24.3 Å². The molecule has 114 valence electrons. The summed E-state index contributed by atoms with van der Waals surface area (Å²) < 4.78 is 3.49. The van der Waals surface area contributed by atoms with Crippen molar-refractivity contribution in [3.63, 3.8) is 0 Å². The van der Waals surface area contributed by atoms with E-state index in [0.29, 0.717) is 10.9 Å². The summed E-state index contributed by atoms with van der Waals surface area (Å²) in [7, 11) is 0. The molecule has 0 saturated heterocycles. The maximum Gasteiger partial charge on any atom is 0.261 e. The minimum Gasteiger partial charge on any atom is -0.288 e. The average Bonchev–Trinajstić information content (AvgIpc) is 3.01. The Balaban J connectivity index is 2.02. The van der Waals surface area contributed by atoms with Crippen LogP contribution in [-0.2, 0) is 6.54 Å². The molecule has 6 nitrogen and oxygen atoms in total. The highest BCUT2D eigenvalue weighted by molar-refractivity contribution is 5.76. The number of rotatable bonds is 5. The predicted molar refractivity (Wildman–Crippen MR) is 84.7 cm³/mol. The van der Waals surface area contributed by atoms with Crippen molar-refractivity contribution in [2.45, 2.75) is 39.3 Å². The van der Waals surface area contributed by atoms with Crippen LogP contribution >= 0.6 is 0 Å². The smallest absolute Gasteiger partial charge is 0.261 e. The molecular formula is C16H19N5O. The van der Waals surface area contributed by atoms with Crippen molar-refractivity contribution in [1.29, 1.82) is 0 Å². The third-order valence-corrected chi connectivity index (χ3v) is 3.85. The molecule has 6 heteroatoms. The highest BCUT2D eigenvalue weighted by Gasteiger charge is 2.17. The quantitative estimate of drug-likeness (QED) is 0.725. The summed E-state index contributed by atoms with van der Waals surface area (Å²) in [6.45, 7) is 4.90. The van der Waals surface area contributed by atoms with Crippen molar-refractivity contribution in [3.05, 3.63) is 53.1 Å². The fraction of sp³-hybridized carbons (Fsp3) is 0.375. The maximum atomic E-state index is 12.7. The lowest BCUT2D eigenvalue weighted by Gasteiger charge is -2.15. The first-order valence-electron chi connectivity index (χ1n) is 7.56. The molecule has 2 aromatic heterocycles. The molecule has 0 radical (unpaired) electrons. The van der Waals surface area contributed by atoms with Crippen LogP contribution in [0.1, 0.15) is 38.6 Å². The van der Waals surface area contributed by atoms with Gasteiger partial charge in [0.15, 0.2) is 0 Å². The Morgan fingerprint density at radius 1 is 1.23 bits per heavy atom. The molecule has 0 spiro atoms. The second-order valence-electron chi connectivity index (χ2n) is 5.35. The zero-order valence-corrected chi connectivity index (χ0v) is 12.8. The Morgan fingerprint density at radius 3 is 2.86 bits per heavy atom. The second kappa shape index (κ2) is 6.09. The second-order valence-corrected chi connectivity index (χ2v) is 5.35. The van der Waals surface area contributed by atoms with Crippen LogP contribution in [0.2, 0.25) is 0 Å². The van der Waals surface area contributed by atoms with Crippen molar-refractivity contribution in [2.75, 3.05) is 0 Å². The van der Waals surface area contributed by atoms with Gasteiger partial charge in [-0.1, -0.05) is 25.5 Å². The van der Waals surface area contributed by atoms with Gasteiger partial charge in [0.05, 0.1) is 23.3 Å². The van der Waals surface area contributed by atoms with Crippen LogP contribution in [0.4, 0.5) is 0 Å². The van der Waals surface area contributed by atoms with Crippen molar-refractivity contribution in [2.24, 2.45) is 0 Å². The van der Waals surface area contributed by atoms with Gasteiger partial charge in [-0.15, -0.1) is 0 Å². The van der Waals surface area contributed by atoms with E-state index in [0.717, 1.165) is 25.2 Å². The third-order valence-electron chi connectivity index (χ3n) is 3.85. The van der Waals surface area contributed by atoms with Crippen LogP contribution in [0.3, 0.4) is 0 Å². The van der Waals surface area contributed by atoms with Gasteiger partial charge in [-0.2, -0.15) is 5.10 Å². The molecular weight excluding hydrogens is 278 g/mol. The van der Waals surface area contributed by atoms with Crippen LogP contribution < -0.4 is 5.56 Å². The Hall–Kier alpha value is -2.50. The van der Waals surface area contributed by atoms with Gasteiger partial charge in [0.25, 0.3) is 5.56 Å². The lowest BCUT2D eigenvalue weighted by molar-refractivity contribution is 0.486. The minimum absolute atomic E-state index is 0.0526. The first-order valence-corrected chi connectivity index (χ1v) is 7.56. The van der Waals surface area contributed by atoms with Crippen molar-refractivity contribution >= 4 is 10.9 Å². The van der Waals surface area contributed by atoms with Gasteiger partial charge in [-0.05, 0) is 25.5 Å². The normalized spacial score (nSPS) is 12.6. The standard InChI is InChI=1S/C16H19N5O/c1-3-4-9-21-15(17-10-19-21)12(2)20-11-18-14-8-6-5-7-13(14)16(20)22/h5-8,10-12H,3-4,9H2,1-2H3/t12-/m0/s1. The largest absolute Gasteiger partial charge is 0.288 e. The summed E-state index contributed by atoms with van der Waals surface area (Å²) in [5.74, 6) is 0.785. The van der Waals surface area contributed by atoms with E-state index >= 15 is 0 Å². The van der Waals surface area contributed by atoms with E-state index in [1.807, 2.05) is 29.8 Å². The van der Waals surface area contributed by atoms with Crippen molar-refractivity contribution in [3.8, 4) is 0 Å². The first-order chi connectivity index (χ1) is 10.7. The molecule has 0 aliphatic heterocycles. The molecule has 22 heavy (non-hydrogen) atoms. The van der Waals surface area contributed by atoms with Crippen LogP contribution in [0, 0.1) is 0 Å². The van der Waals surface area contributed by atoms with Gasteiger partial charge in [0, 0.05) is 6.54 Å². The number of fused-ring (bicyclic) bond motifs is 1. The maximum absolute atomic E-state index is 12.7. The highest BCUT2D eigenvalue weighted by atomic mass is 16.1. The number of hydrogen-bond donors (Lipinski definition) is 0. The van der Waals surface area contributed by atoms with Gasteiger partial charge >= 0.3 is 0 Å². The zero-order chi connectivity index (χ0) is 15.5. The number of nitrogens with zero attached hydrogens (tertiary/aromatic N) is 5. The topological polar surface area (TPSA) is 65.6 Å². The number of aromatic nitrogens is 5. The van der Waals surface area contributed by atoms with E-state index < -0.39 is 0 Å². The lowest BCUT2D eigenvalue weighted by atomic mass is 10.2. The summed E-state index contributed by atoms with van der Waals surface area (Å²) in [5, 5.41) is 4.88. The number of para-hydroxylation sites is 1. The minimum atomic E-state index is -0.205. The predicted octanol–water partition coefficient (Wildman–Crippen LogP) is 2.40. The Kier molecular flexibility index (Phi) is 4.00. The molecule has 0 bridgehead atoms. The number of aryl methyl sites for hydroxylation is 1. The fourth-order valence-corrected chi connectivity index (χ4v) is 2.56. The number of unbranched alkanes of at least 4 members (excludes halogenated alkanes) is 1. The molecule has 0 amide bonds. The van der Waals surface area contributed by atoms with Crippen LogP contribution in [0.25, 0.3) is 10.9 Å². The summed E-state index contributed by atoms with van der Waals surface area (Å²) in [4.78, 5) is 21.4. The van der Waals surface area contributed by atoms with E-state index in [1.165, 1.54) is 0 Å². The summed E-state index contributed by atoms with van der Waals surface area (Å²) in [6.07, 6.45) is 5.26. The summed E-state index contributed by atoms with van der Waals surface area (Å²) in [5.41, 5.74) is 0.659. The van der Waals surface area contributed by atoms with Gasteiger partial charge in [0.1, 0.15) is 12.2 Å². The Bertz CT molecular complexity index is 836. The van der Waals surface area contributed by atoms with E-state index in [4.69, 9.17) is 0 Å². The molecule has 2 heterocycles. The van der Waals surface area contributed by atoms with Crippen LogP contribution in [0.5, 0.6) is 0 Å². The SMILES string of the molecule is CCCCn1ncnc1[C@H](C)n1cnc2ccccc2c1=O. The molecule has 0 N–H and O–H groups in total. The third kappa shape index (κ3) is 2.52. The number of hydrogen-bond acceptors (Lipinski definition) is 4. The Labute approximate surface area is 128 Å². The summed E-state index contributed by atoms with van der Waals surface area (Å²) >= 11 is 0. The highest BCUT2D eigenvalue weighted by Crippen LogP contribution is 2.15. The van der Waals surface area contributed by atoms with E-state index in [1.54, 1.807) is 23.3 Å². The molecule has 3 rings (SSSR count). The van der Waals surface area contributed by atoms with Gasteiger partial charge in [-0.3, -0.25) is 9.36 Å². The zero-order valence-electron chi connectivity index (χ0n) is 12.8. The summed E-state index contributed by atoms with van der Waals surface area (Å²) in [6, 6.07) is 7.17. The number of benzene rings is 1. The van der Waals surface area contributed by atoms with Gasteiger partial charge < -0.3 is 0 Å². The van der Waals surface area contributed by atoms with E-state index in [2.05, 4.69) is 22.0 Å². The molecule has 3 aromatic rings. The molecule has 0 unspecified atom stereocenters. The first kappa shape index (κ1) is 14.4. The van der Waals surface area contributed by atoms with E-state index in [9.17, 15) is 4.79 Å². The monoisotopic (exact) mass is 297 g/mol. The van der Waals surface area contributed by atoms with E-state index in [-0.39, 0.29) is 11.6 Å². The molecule has 0 aliphatic rings. The van der Waals surface area contributed by atoms with Gasteiger partial charge in [0.2, 0.25) is 0 Å².